The van der Waals surface area contributed by atoms with Gasteiger partial charge in [0.15, 0.2) is 0 Å². The third-order valence-corrected chi connectivity index (χ3v) is 1.62. The van der Waals surface area contributed by atoms with E-state index in [1.165, 1.54) is 7.11 Å². The number of nitrogens with one attached hydrogen (secondary N) is 2. The summed E-state index contributed by atoms with van der Waals surface area (Å²) in [6.07, 6.45) is 0.514. The lowest BCUT2D eigenvalue weighted by molar-refractivity contribution is -0.143. The van der Waals surface area contributed by atoms with Crippen LogP contribution in [0.5, 0.6) is 0 Å². The predicted molar refractivity (Wildman–Crippen MR) is 48.6 cm³/mol. The van der Waals surface area contributed by atoms with E-state index in [4.69, 9.17) is 0 Å². The van der Waals surface area contributed by atoms with Crippen LogP contribution in [0.3, 0.4) is 0 Å². The molecule has 1 amide bonds. The van der Waals surface area contributed by atoms with E-state index in [9.17, 15) is 14.4 Å². The lowest BCUT2D eigenvalue weighted by Crippen LogP contribution is -2.44. The third kappa shape index (κ3) is 4.56. The number of methoxy groups -OCH3 is 1. The molecule has 2 N–H and O–H groups in total. The van der Waals surface area contributed by atoms with Gasteiger partial charge in [0.2, 0.25) is 5.91 Å². The van der Waals surface area contributed by atoms with Crippen LogP contribution >= 0.6 is 0 Å². The van der Waals surface area contributed by atoms with Crippen molar-refractivity contribution in [2.24, 2.45) is 0 Å². The fraction of sp³-hybridized carbons (Fsp3) is 0.625. The Hall–Kier alpha value is -1.43. The maximum Gasteiger partial charge on any atom is 0.307 e. The minimum absolute atomic E-state index is 0.0574. The van der Waals surface area contributed by atoms with Gasteiger partial charge in [-0.25, -0.2) is 0 Å². The molecule has 0 aromatic heterocycles. The Labute approximate surface area is 82.0 Å². The zero-order valence-electron chi connectivity index (χ0n) is 8.20. The highest BCUT2D eigenvalue weighted by molar-refractivity contribution is 5.87. The quantitative estimate of drug-likeness (QED) is 0.402. The van der Waals surface area contributed by atoms with Gasteiger partial charge in [0.1, 0.15) is 6.29 Å². The maximum absolute atomic E-state index is 11.2. The minimum atomic E-state index is -0.664. The predicted octanol–water partition coefficient (Wildman–Crippen LogP) is -1.55. The van der Waals surface area contributed by atoms with E-state index in [2.05, 4.69) is 15.4 Å². The van der Waals surface area contributed by atoms with Crippen LogP contribution in [0.25, 0.3) is 0 Å². The number of carbonyl (C=O) groups is 3. The Morgan fingerprint density at radius 2 is 2.14 bits per heavy atom. The van der Waals surface area contributed by atoms with Gasteiger partial charge in [-0.2, -0.15) is 0 Å². The van der Waals surface area contributed by atoms with Crippen LogP contribution < -0.4 is 10.6 Å². The summed E-state index contributed by atoms with van der Waals surface area (Å²) in [5, 5.41) is 4.98. The van der Waals surface area contributed by atoms with Crippen LogP contribution in [0.15, 0.2) is 0 Å². The molecule has 0 aliphatic rings. The molecule has 1 unspecified atom stereocenters. The standard InChI is InChI=1S/C8H14N2O4/c1-9-6(5-7(12)14-2)8(13)10-3-4-11/h4,6,9H,3,5H2,1-2H3,(H,10,13). The van der Waals surface area contributed by atoms with E-state index in [1.54, 1.807) is 7.05 Å². The van der Waals surface area contributed by atoms with Gasteiger partial charge in [-0.15, -0.1) is 0 Å². The van der Waals surface area contributed by atoms with Crippen LogP contribution in [-0.2, 0) is 19.1 Å². The van der Waals surface area contributed by atoms with Gasteiger partial charge in [-0.05, 0) is 7.05 Å². The first-order valence-corrected chi connectivity index (χ1v) is 4.11. The van der Waals surface area contributed by atoms with Crippen molar-refractivity contribution in [3.63, 3.8) is 0 Å². The van der Waals surface area contributed by atoms with Crippen molar-refractivity contribution in [2.45, 2.75) is 12.5 Å². The molecule has 80 valence electrons. The second kappa shape index (κ2) is 7.02. The summed E-state index contributed by atoms with van der Waals surface area (Å²) in [6.45, 7) is -0.0574. The van der Waals surface area contributed by atoms with Gasteiger partial charge in [0, 0.05) is 0 Å². The molecule has 0 saturated heterocycles. The van der Waals surface area contributed by atoms with Crippen LogP contribution in [0.1, 0.15) is 6.42 Å². The Bertz CT molecular complexity index is 217. The van der Waals surface area contributed by atoms with E-state index in [0.29, 0.717) is 6.29 Å². The average Bonchev–Trinajstić information content (AvgIpc) is 2.21. The van der Waals surface area contributed by atoms with E-state index in [1.807, 2.05) is 0 Å². The molecule has 0 heterocycles. The van der Waals surface area contributed by atoms with Crippen molar-refractivity contribution in [1.29, 1.82) is 0 Å². The lowest BCUT2D eigenvalue weighted by Gasteiger charge is -2.13. The van der Waals surface area contributed by atoms with E-state index in [0.717, 1.165) is 0 Å². The van der Waals surface area contributed by atoms with Crippen molar-refractivity contribution < 1.29 is 19.1 Å². The molecule has 0 aromatic carbocycles. The second-order valence-corrected chi connectivity index (χ2v) is 2.53. The Morgan fingerprint density at radius 1 is 1.50 bits per heavy atom. The maximum atomic E-state index is 11.2. The highest BCUT2D eigenvalue weighted by Gasteiger charge is 2.19. The summed E-state index contributed by atoms with van der Waals surface area (Å²) in [4.78, 5) is 32.1. The first-order chi connectivity index (χ1) is 6.65. The normalized spacial score (nSPS) is 11.6. The molecule has 14 heavy (non-hydrogen) atoms. The SMILES string of the molecule is CNC(CC(=O)OC)C(=O)NCC=O. The second-order valence-electron chi connectivity index (χ2n) is 2.53. The third-order valence-electron chi connectivity index (χ3n) is 1.62. The van der Waals surface area contributed by atoms with Crippen molar-refractivity contribution in [3.8, 4) is 0 Å². The number of amides is 1. The zero-order valence-corrected chi connectivity index (χ0v) is 8.20. The molecule has 0 radical (unpaired) electrons. The van der Waals surface area contributed by atoms with Gasteiger partial charge in [-0.1, -0.05) is 0 Å². The number of likely N-dealkylation sites (N-methyl/N-ethyl adjacent to an activating group) is 1. The first kappa shape index (κ1) is 12.6. The molecule has 1 atom stereocenters. The number of esters is 1. The van der Waals surface area contributed by atoms with E-state index in [-0.39, 0.29) is 13.0 Å². The van der Waals surface area contributed by atoms with E-state index >= 15 is 0 Å². The van der Waals surface area contributed by atoms with Crippen molar-refractivity contribution in [2.75, 3.05) is 20.7 Å². The summed E-state index contributed by atoms with van der Waals surface area (Å²) in [5.41, 5.74) is 0. The summed E-state index contributed by atoms with van der Waals surface area (Å²) < 4.78 is 4.41. The van der Waals surface area contributed by atoms with E-state index < -0.39 is 17.9 Å². The molecule has 0 aliphatic heterocycles. The molecule has 0 rings (SSSR count). The zero-order chi connectivity index (χ0) is 11.0. The molecular weight excluding hydrogens is 188 g/mol. The van der Waals surface area contributed by atoms with Crippen LogP contribution in [0, 0.1) is 0 Å². The summed E-state index contributed by atoms with van der Waals surface area (Å²) in [5.74, 6) is -0.879. The highest BCUT2D eigenvalue weighted by atomic mass is 16.5. The van der Waals surface area contributed by atoms with Gasteiger partial charge in [-0.3, -0.25) is 9.59 Å². The summed E-state index contributed by atoms with van der Waals surface area (Å²) in [7, 11) is 2.80. The molecule has 0 aromatic rings. The van der Waals surface area contributed by atoms with Gasteiger partial charge >= 0.3 is 5.97 Å². The first-order valence-electron chi connectivity index (χ1n) is 4.11. The number of carbonyl (C=O) groups excluding carboxylic acids is 3. The highest BCUT2D eigenvalue weighted by Crippen LogP contribution is 1.93. The topological polar surface area (TPSA) is 84.5 Å². The van der Waals surface area contributed by atoms with Gasteiger partial charge in [0.25, 0.3) is 0 Å². The number of hydrogen-bond acceptors (Lipinski definition) is 5. The largest absolute Gasteiger partial charge is 0.469 e. The monoisotopic (exact) mass is 202 g/mol. The smallest absolute Gasteiger partial charge is 0.307 e. The minimum Gasteiger partial charge on any atom is -0.469 e. The molecular formula is C8H14N2O4. The molecule has 0 aliphatic carbocycles. The fourth-order valence-electron chi connectivity index (χ4n) is 0.841. The molecule has 0 bridgehead atoms. The van der Waals surface area contributed by atoms with Crippen molar-refractivity contribution >= 4 is 18.2 Å². The van der Waals surface area contributed by atoms with Gasteiger partial charge < -0.3 is 20.2 Å². The molecule has 6 heteroatoms. The Kier molecular flexibility index (Phi) is 6.30. The average molecular weight is 202 g/mol. The fourth-order valence-corrected chi connectivity index (χ4v) is 0.841. The Morgan fingerprint density at radius 3 is 2.57 bits per heavy atom. The molecule has 6 nitrogen and oxygen atoms in total. The van der Waals surface area contributed by atoms with Crippen molar-refractivity contribution in [3.05, 3.63) is 0 Å². The van der Waals surface area contributed by atoms with Gasteiger partial charge in [0.05, 0.1) is 26.1 Å². The number of aldehydes is 1. The molecule has 0 saturated carbocycles. The number of rotatable bonds is 6. The Balaban J connectivity index is 4.04. The van der Waals surface area contributed by atoms with Crippen LogP contribution in [-0.4, -0.2) is 44.9 Å². The lowest BCUT2D eigenvalue weighted by atomic mass is 10.2. The van der Waals surface area contributed by atoms with Crippen LogP contribution in [0.2, 0.25) is 0 Å². The van der Waals surface area contributed by atoms with Crippen LogP contribution in [0.4, 0.5) is 0 Å². The number of hydrogen-bond donors (Lipinski definition) is 2. The molecule has 0 fully saturated rings. The summed E-state index contributed by atoms with van der Waals surface area (Å²) in [6, 6.07) is -0.664. The van der Waals surface area contributed by atoms with Crippen molar-refractivity contribution in [1.82, 2.24) is 10.6 Å². The molecule has 0 spiro atoms. The summed E-state index contributed by atoms with van der Waals surface area (Å²) >= 11 is 0. The number of ether oxygens (including phenoxy) is 1.